The molecule has 0 aliphatic carbocycles. The SMILES string of the molecule is CC(N)CS(=O)(=O)CC(=O)N1CCCC1. The van der Waals surface area contributed by atoms with E-state index in [0.717, 1.165) is 12.8 Å². The van der Waals surface area contributed by atoms with Crippen molar-refractivity contribution < 1.29 is 13.2 Å². The second-order valence-electron chi connectivity index (χ2n) is 4.12. The van der Waals surface area contributed by atoms with Gasteiger partial charge in [-0.2, -0.15) is 0 Å². The second kappa shape index (κ2) is 4.94. The normalized spacial score (nSPS) is 19.2. The van der Waals surface area contributed by atoms with E-state index in [-0.39, 0.29) is 11.7 Å². The molecular formula is C9H18N2O3S. The summed E-state index contributed by atoms with van der Waals surface area (Å²) < 4.78 is 23.0. The van der Waals surface area contributed by atoms with Gasteiger partial charge in [0.25, 0.3) is 0 Å². The number of carbonyl (C=O) groups is 1. The molecule has 1 fully saturated rings. The number of rotatable bonds is 4. The van der Waals surface area contributed by atoms with E-state index in [1.807, 2.05) is 0 Å². The lowest BCUT2D eigenvalue weighted by atomic mass is 10.4. The molecule has 1 aliphatic rings. The quantitative estimate of drug-likeness (QED) is 0.702. The van der Waals surface area contributed by atoms with Gasteiger partial charge in [0.05, 0.1) is 5.75 Å². The lowest BCUT2D eigenvalue weighted by molar-refractivity contribution is -0.127. The van der Waals surface area contributed by atoms with E-state index < -0.39 is 21.6 Å². The van der Waals surface area contributed by atoms with Gasteiger partial charge < -0.3 is 10.6 Å². The minimum atomic E-state index is -3.33. The van der Waals surface area contributed by atoms with Gasteiger partial charge in [0.1, 0.15) is 5.75 Å². The van der Waals surface area contributed by atoms with Gasteiger partial charge in [0.15, 0.2) is 9.84 Å². The summed E-state index contributed by atoms with van der Waals surface area (Å²) in [7, 11) is -3.33. The predicted molar refractivity (Wildman–Crippen MR) is 58.1 cm³/mol. The number of carbonyl (C=O) groups excluding carboxylic acids is 1. The molecule has 1 saturated heterocycles. The van der Waals surface area contributed by atoms with Crippen molar-refractivity contribution in [2.45, 2.75) is 25.8 Å². The predicted octanol–water partition coefficient (Wildman–Crippen LogP) is -0.629. The van der Waals surface area contributed by atoms with Gasteiger partial charge in [-0.15, -0.1) is 0 Å². The Balaban J connectivity index is 2.49. The Kier molecular flexibility index (Phi) is 4.10. The highest BCUT2D eigenvalue weighted by molar-refractivity contribution is 7.92. The number of sulfone groups is 1. The third-order valence-electron chi connectivity index (χ3n) is 2.32. The van der Waals surface area contributed by atoms with E-state index in [1.54, 1.807) is 11.8 Å². The average molecular weight is 234 g/mol. The number of nitrogens with zero attached hydrogens (tertiary/aromatic N) is 1. The van der Waals surface area contributed by atoms with Crippen LogP contribution < -0.4 is 5.73 Å². The van der Waals surface area contributed by atoms with Crippen LogP contribution in [0.3, 0.4) is 0 Å². The third-order valence-corrected chi connectivity index (χ3v) is 4.04. The highest BCUT2D eigenvalue weighted by Crippen LogP contribution is 2.08. The van der Waals surface area contributed by atoms with Crippen LogP contribution in [0.5, 0.6) is 0 Å². The van der Waals surface area contributed by atoms with E-state index in [2.05, 4.69) is 0 Å². The highest BCUT2D eigenvalue weighted by atomic mass is 32.2. The molecule has 88 valence electrons. The van der Waals surface area contributed by atoms with E-state index >= 15 is 0 Å². The number of likely N-dealkylation sites (tertiary alicyclic amines) is 1. The summed E-state index contributed by atoms with van der Waals surface area (Å²) in [5.41, 5.74) is 5.40. The summed E-state index contributed by atoms with van der Waals surface area (Å²) in [6.45, 7) is 3.00. The Morgan fingerprint density at radius 3 is 2.40 bits per heavy atom. The summed E-state index contributed by atoms with van der Waals surface area (Å²) in [5, 5.41) is 0. The molecular weight excluding hydrogens is 216 g/mol. The van der Waals surface area contributed by atoms with Crippen LogP contribution >= 0.6 is 0 Å². The zero-order valence-electron chi connectivity index (χ0n) is 8.98. The van der Waals surface area contributed by atoms with Crippen molar-refractivity contribution >= 4 is 15.7 Å². The van der Waals surface area contributed by atoms with Crippen LogP contribution in [0.15, 0.2) is 0 Å². The minimum absolute atomic E-state index is 0.118. The van der Waals surface area contributed by atoms with Gasteiger partial charge >= 0.3 is 0 Å². The molecule has 0 bridgehead atoms. The average Bonchev–Trinajstić information content (AvgIpc) is 2.50. The second-order valence-corrected chi connectivity index (χ2v) is 6.23. The van der Waals surface area contributed by atoms with Crippen molar-refractivity contribution in [3.05, 3.63) is 0 Å². The molecule has 1 rings (SSSR count). The lowest BCUT2D eigenvalue weighted by Crippen LogP contribution is -2.36. The van der Waals surface area contributed by atoms with E-state index in [9.17, 15) is 13.2 Å². The fourth-order valence-corrected chi connectivity index (χ4v) is 3.18. The van der Waals surface area contributed by atoms with Crippen molar-refractivity contribution in [3.8, 4) is 0 Å². The van der Waals surface area contributed by atoms with Crippen LogP contribution in [0.1, 0.15) is 19.8 Å². The summed E-state index contributed by atoms with van der Waals surface area (Å²) in [4.78, 5) is 13.2. The minimum Gasteiger partial charge on any atom is -0.342 e. The first-order valence-corrected chi connectivity index (χ1v) is 6.96. The molecule has 2 N–H and O–H groups in total. The van der Waals surface area contributed by atoms with Gasteiger partial charge in [0, 0.05) is 19.1 Å². The fraction of sp³-hybridized carbons (Fsp3) is 0.889. The zero-order chi connectivity index (χ0) is 11.5. The van der Waals surface area contributed by atoms with Gasteiger partial charge in [-0.25, -0.2) is 8.42 Å². The summed E-state index contributed by atoms with van der Waals surface area (Å²) in [5.74, 6) is -0.797. The van der Waals surface area contributed by atoms with Crippen LogP contribution in [0.25, 0.3) is 0 Å². The first-order valence-electron chi connectivity index (χ1n) is 5.14. The first-order chi connectivity index (χ1) is 6.91. The van der Waals surface area contributed by atoms with Crippen LogP contribution in [0, 0.1) is 0 Å². The first kappa shape index (κ1) is 12.4. The molecule has 15 heavy (non-hydrogen) atoms. The molecule has 6 heteroatoms. The maximum Gasteiger partial charge on any atom is 0.237 e. The summed E-state index contributed by atoms with van der Waals surface area (Å²) in [6.07, 6.45) is 1.94. The molecule has 1 amide bonds. The Labute approximate surface area is 90.5 Å². The van der Waals surface area contributed by atoms with Gasteiger partial charge in [-0.05, 0) is 19.8 Å². The summed E-state index contributed by atoms with van der Waals surface area (Å²) in [6, 6.07) is -0.415. The van der Waals surface area contributed by atoms with Crippen LogP contribution in [0.2, 0.25) is 0 Å². The van der Waals surface area contributed by atoms with Crippen LogP contribution in [-0.2, 0) is 14.6 Å². The molecule has 0 aromatic rings. The molecule has 0 saturated carbocycles. The van der Waals surface area contributed by atoms with Gasteiger partial charge in [0.2, 0.25) is 5.91 Å². The molecule has 0 aromatic heterocycles. The smallest absolute Gasteiger partial charge is 0.237 e. The Hall–Kier alpha value is -0.620. The molecule has 1 aliphatic heterocycles. The third kappa shape index (κ3) is 4.17. The summed E-state index contributed by atoms with van der Waals surface area (Å²) >= 11 is 0. The van der Waals surface area contributed by atoms with Crippen molar-refractivity contribution in [3.63, 3.8) is 0 Å². The van der Waals surface area contributed by atoms with Crippen LogP contribution in [-0.4, -0.2) is 49.9 Å². The number of amides is 1. The largest absolute Gasteiger partial charge is 0.342 e. The van der Waals surface area contributed by atoms with Crippen LogP contribution in [0.4, 0.5) is 0 Å². The number of hydrogen-bond donors (Lipinski definition) is 1. The molecule has 1 heterocycles. The van der Waals surface area contributed by atoms with Crippen molar-refractivity contribution in [1.29, 1.82) is 0 Å². The lowest BCUT2D eigenvalue weighted by Gasteiger charge is -2.15. The maximum atomic E-state index is 11.5. The standard InChI is InChI=1S/C9H18N2O3S/c1-8(10)6-15(13,14)7-9(12)11-4-2-3-5-11/h8H,2-7,10H2,1H3. The topological polar surface area (TPSA) is 80.5 Å². The fourth-order valence-electron chi connectivity index (χ4n) is 1.71. The van der Waals surface area contributed by atoms with Crippen molar-refractivity contribution in [2.24, 2.45) is 5.73 Å². The van der Waals surface area contributed by atoms with E-state index in [0.29, 0.717) is 13.1 Å². The molecule has 0 spiro atoms. The zero-order valence-corrected chi connectivity index (χ0v) is 9.79. The van der Waals surface area contributed by atoms with E-state index in [1.165, 1.54) is 0 Å². The Bertz CT molecular complexity index is 318. The van der Waals surface area contributed by atoms with Crippen molar-refractivity contribution in [1.82, 2.24) is 4.90 Å². The van der Waals surface area contributed by atoms with Crippen molar-refractivity contribution in [2.75, 3.05) is 24.6 Å². The van der Waals surface area contributed by atoms with Gasteiger partial charge in [-0.3, -0.25) is 4.79 Å². The monoisotopic (exact) mass is 234 g/mol. The molecule has 5 nitrogen and oxygen atoms in total. The Morgan fingerprint density at radius 2 is 1.93 bits per heavy atom. The molecule has 0 radical (unpaired) electrons. The molecule has 0 aromatic carbocycles. The highest BCUT2D eigenvalue weighted by Gasteiger charge is 2.24. The molecule has 1 atom stereocenters. The maximum absolute atomic E-state index is 11.5. The Morgan fingerprint density at radius 1 is 1.40 bits per heavy atom. The number of nitrogens with two attached hydrogens (primary N) is 1. The molecule has 1 unspecified atom stereocenters. The van der Waals surface area contributed by atoms with Gasteiger partial charge in [-0.1, -0.05) is 0 Å². The number of hydrogen-bond acceptors (Lipinski definition) is 4. The van der Waals surface area contributed by atoms with E-state index in [4.69, 9.17) is 5.73 Å².